The third-order valence-corrected chi connectivity index (χ3v) is 5.08. The van der Waals surface area contributed by atoms with Crippen LogP contribution in [0.15, 0.2) is 50.5 Å². The van der Waals surface area contributed by atoms with Gasteiger partial charge in [0.25, 0.3) is 0 Å². The number of thiophene rings is 3. The van der Waals surface area contributed by atoms with Crippen LogP contribution in [0.5, 0.6) is 0 Å². The first-order chi connectivity index (χ1) is 8.32. The van der Waals surface area contributed by atoms with E-state index in [9.17, 15) is 0 Å². The van der Waals surface area contributed by atoms with Crippen molar-refractivity contribution >= 4 is 51.1 Å². The molecular weight excluding hydrogens is 266 g/mol. The number of rotatable bonds is 3. The van der Waals surface area contributed by atoms with E-state index in [1.807, 2.05) is 0 Å². The van der Waals surface area contributed by atoms with Gasteiger partial charge < -0.3 is 0 Å². The maximum atomic E-state index is 2.26. The molecule has 0 aliphatic carbocycles. The Bertz CT molecular complexity index is 480. The number of nitrogens with zero attached hydrogens (tertiary/aromatic N) is 1. The van der Waals surface area contributed by atoms with Gasteiger partial charge >= 0.3 is 0 Å². The Morgan fingerprint density at radius 2 is 1.06 bits per heavy atom. The lowest BCUT2D eigenvalue weighted by atomic mass is 10.2. The fraction of sp³-hybridized carbons (Fsp3) is 0.0769. The van der Waals surface area contributed by atoms with E-state index in [0.29, 0.717) is 0 Å². The molecule has 3 aromatic rings. The standard InChI is InChI=1S/C13H12NS3/c1-14(11-2-5-15-8-11,12-3-6-16-9-12)13-4-7-17-10-13/h2-10H,1H3/q+1. The summed E-state index contributed by atoms with van der Waals surface area (Å²) in [4.78, 5) is 0. The van der Waals surface area contributed by atoms with Crippen molar-refractivity contribution in [2.24, 2.45) is 0 Å². The van der Waals surface area contributed by atoms with Gasteiger partial charge in [-0.1, -0.05) is 0 Å². The normalized spacial score (nSPS) is 11.8. The third kappa shape index (κ3) is 1.77. The van der Waals surface area contributed by atoms with E-state index < -0.39 is 0 Å². The quantitative estimate of drug-likeness (QED) is 0.557. The molecular formula is C13H12NS3+. The molecule has 0 aliphatic rings. The molecule has 0 bridgehead atoms. The maximum Gasteiger partial charge on any atom is 0.153 e. The van der Waals surface area contributed by atoms with Crippen molar-refractivity contribution in [1.82, 2.24) is 4.48 Å². The van der Waals surface area contributed by atoms with Gasteiger partial charge in [0, 0.05) is 18.2 Å². The van der Waals surface area contributed by atoms with Gasteiger partial charge in [0.15, 0.2) is 17.1 Å². The van der Waals surface area contributed by atoms with E-state index in [4.69, 9.17) is 0 Å². The van der Waals surface area contributed by atoms with Gasteiger partial charge in [0.05, 0.1) is 23.2 Å². The highest BCUT2D eigenvalue weighted by atomic mass is 32.1. The van der Waals surface area contributed by atoms with E-state index in [0.717, 1.165) is 4.48 Å². The first-order valence-corrected chi connectivity index (χ1v) is 8.09. The molecule has 1 nitrogen and oxygen atoms in total. The van der Waals surface area contributed by atoms with Gasteiger partial charge in [-0.05, 0) is 16.1 Å². The molecule has 0 unspecified atom stereocenters. The van der Waals surface area contributed by atoms with Crippen LogP contribution in [-0.4, -0.2) is 7.05 Å². The summed E-state index contributed by atoms with van der Waals surface area (Å²) in [5, 5.41) is 13.1. The van der Waals surface area contributed by atoms with Gasteiger partial charge in [0.1, 0.15) is 0 Å². The monoisotopic (exact) mass is 278 g/mol. The van der Waals surface area contributed by atoms with Crippen LogP contribution in [0.25, 0.3) is 0 Å². The second-order valence-corrected chi connectivity index (χ2v) is 6.29. The highest BCUT2D eigenvalue weighted by Crippen LogP contribution is 2.44. The van der Waals surface area contributed by atoms with E-state index in [1.165, 1.54) is 17.1 Å². The van der Waals surface area contributed by atoms with Crippen molar-refractivity contribution in [2.75, 3.05) is 7.05 Å². The van der Waals surface area contributed by atoms with E-state index in [-0.39, 0.29) is 0 Å². The van der Waals surface area contributed by atoms with Crippen LogP contribution in [-0.2, 0) is 0 Å². The highest BCUT2D eigenvalue weighted by Gasteiger charge is 2.32. The molecule has 0 saturated carbocycles. The second kappa shape index (κ2) is 4.38. The summed E-state index contributed by atoms with van der Waals surface area (Å²) in [5.41, 5.74) is 3.98. The van der Waals surface area contributed by atoms with Crippen LogP contribution in [0.1, 0.15) is 0 Å². The Balaban J connectivity index is 2.21. The summed E-state index contributed by atoms with van der Waals surface area (Å²) in [6.45, 7) is 0. The Labute approximate surface area is 113 Å². The predicted octanol–water partition coefficient (Wildman–Crippen LogP) is 5.47. The minimum atomic E-state index is 0.760. The fourth-order valence-corrected chi connectivity index (χ4v) is 4.16. The smallest absolute Gasteiger partial charge is 0.153 e. The van der Waals surface area contributed by atoms with Crippen LogP contribution >= 0.6 is 34.0 Å². The maximum absolute atomic E-state index is 2.26. The zero-order valence-corrected chi connectivity index (χ0v) is 11.8. The lowest BCUT2D eigenvalue weighted by molar-refractivity contribution is 0.634. The summed E-state index contributed by atoms with van der Waals surface area (Å²) in [5.74, 6) is 0. The Kier molecular flexibility index (Phi) is 2.88. The van der Waals surface area contributed by atoms with Crippen molar-refractivity contribution in [3.8, 4) is 0 Å². The van der Waals surface area contributed by atoms with Crippen LogP contribution in [0.3, 0.4) is 0 Å². The van der Waals surface area contributed by atoms with Gasteiger partial charge in [-0.15, -0.1) is 34.0 Å². The van der Waals surface area contributed by atoms with E-state index in [1.54, 1.807) is 34.0 Å². The van der Waals surface area contributed by atoms with Crippen LogP contribution in [0.2, 0.25) is 0 Å². The van der Waals surface area contributed by atoms with Crippen molar-refractivity contribution in [2.45, 2.75) is 0 Å². The van der Waals surface area contributed by atoms with Crippen molar-refractivity contribution < 1.29 is 0 Å². The Hall–Kier alpha value is -0.940. The SMILES string of the molecule is C[N+](c1ccsc1)(c1ccsc1)c1ccsc1. The second-order valence-electron chi connectivity index (χ2n) is 3.95. The fourth-order valence-electron chi connectivity index (χ4n) is 1.98. The molecule has 0 fully saturated rings. The number of hydrogen-bond donors (Lipinski definition) is 0. The number of hydrogen-bond acceptors (Lipinski definition) is 3. The molecule has 0 amide bonds. The molecule has 0 atom stereocenters. The molecule has 0 aliphatic heterocycles. The van der Waals surface area contributed by atoms with Crippen molar-refractivity contribution in [3.05, 3.63) is 50.5 Å². The summed E-state index contributed by atoms with van der Waals surface area (Å²) >= 11 is 5.26. The molecule has 17 heavy (non-hydrogen) atoms. The lowest BCUT2D eigenvalue weighted by Crippen LogP contribution is -2.32. The average molecular weight is 278 g/mol. The molecule has 4 heteroatoms. The highest BCUT2D eigenvalue weighted by molar-refractivity contribution is 7.09. The largest absolute Gasteiger partial charge is 0.227 e. The Morgan fingerprint density at radius 3 is 1.29 bits per heavy atom. The van der Waals surface area contributed by atoms with Gasteiger partial charge in [0.2, 0.25) is 0 Å². The zero-order chi connectivity index (χ0) is 11.7. The number of quaternary nitrogens is 1. The van der Waals surface area contributed by atoms with Gasteiger partial charge in [-0.3, -0.25) is 0 Å². The molecule has 86 valence electrons. The molecule has 0 aromatic carbocycles. The predicted molar refractivity (Wildman–Crippen MR) is 80.0 cm³/mol. The van der Waals surface area contributed by atoms with Crippen LogP contribution in [0.4, 0.5) is 17.1 Å². The molecule has 0 spiro atoms. The molecule has 0 N–H and O–H groups in total. The molecule has 3 rings (SSSR count). The first-order valence-electron chi connectivity index (χ1n) is 5.26. The third-order valence-electron chi connectivity index (χ3n) is 3.07. The zero-order valence-electron chi connectivity index (χ0n) is 9.37. The molecule has 3 heterocycles. The Morgan fingerprint density at radius 1 is 0.706 bits per heavy atom. The topological polar surface area (TPSA) is 0 Å². The van der Waals surface area contributed by atoms with Crippen molar-refractivity contribution in [3.63, 3.8) is 0 Å². The van der Waals surface area contributed by atoms with E-state index >= 15 is 0 Å². The minimum Gasteiger partial charge on any atom is -0.227 e. The molecule has 3 aromatic heterocycles. The first kappa shape index (κ1) is 11.2. The van der Waals surface area contributed by atoms with Crippen molar-refractivity contribution in [1.29, 1.82) is 0 Å². The van der Waals surface area contributed by atoms with Gasteiger partial charge in [-0.2, -0.15) is 0 Å². The minimum absolute atomic E-state index is 0.760. The summed E-state index contributed by atoms with van der Waals surface area (Å²) in [7, 11) is 2.26. The molecule has 0 saturated heterocycles. The van der Waals surface area contributed by atoms with Crippen LogP contribution < -0.4 is 4.48 Å². The van der Waals surface area contributed by atoms with Crippen LogP contribution in [0, 0.1) is 0 Å². The summed E-state index contributed by atoms with van der Waals surface area (Å²) < 4.78 is 0.760. The van der Waals surface area contributed by atoms with E-state index in [2.05, 4.69) is 57.5 Å². The lowest BCUT2D eigenvalue weighted by Gasteiger charge is -2.30. The summed E-state index contributed by atoms with van der Waals surface area (Å²) in [6.07, 6.45) is 0. The van der Waals surface area contributed by atoms with Gasteiger partial charge in [-0.25, -0.2) is 4.48 Å². The molecule has 0 radical (unpaired) electrons. The summed E-state index contributed by atoms with van der Waals surface area (Å²) in [6, 6.07) is 6.62. The average Bonchev–Trinajstić information content (AvgIpc) is 3.10.